The summed E-state index contributed by atoms with van der Waals surface area (Å²) in [6.45, 7) is 2.58. The number of nitrogens with zero attached hydrogens (tertiary/aromatic N) is 3. The molecule has 0 aliphatic rings. The number of hydrogen-bond acceptors (Lipinski definition) is 4. The van der Waals surface area contributed by atoms with Crippen LogP contribution in [-0.4, -0.2) is 20.0 Å². The molecule has 6 nitrogen and oxygen atoms in total. The van der Waals surface area contributed by atoms with E-state index in [1.165, 1.54) is 6.07 Å². The van der Waals surface area contributed by atoms with Crippen LogP contribution < -0.4 is 10.9 Å². The number of H-pyrrole nitrogens is 1. The lowest BCUT2D eigenvalue weighted by molar-refractivity contribution is 0.756. The van der Waals surface area contributed by atoms with Crippen LogP contribution >= 0.6 is 0 Å². The SMILES string of the molecule is Cc1nn(C)cc1CNc1cn[nH]c(=O)c1. The quantitative estimate of drug-likeness (QED) is 0.784. The van der Waals surface area contributed by atoms with E-state index in [4.69, 9.17) is 0 Å². The van der Waals surface area contributed by atoms with Crippen molar-refractivity contribution in [2.75, 3.05) is 5.32 Å². The Labute approximate surface area is 92.3 Å². The summed E-state index contributed by atoms with van der Waals surface area (Å²) in [6, 6.07) is 1.47. The van der Waals surface area contributed by atoms with Gasteiger partial charge in [0.05, 0.1) is 17.6 Å². The molecule has 2 aromatic rings. The Kier molecular flexibility index (Phi) is 2.72. The Hall–Kier alpha value is -2.11. The van der Waals surface area contributed by atoms with E-state index < -0.39 is 0 Å². The van der Waals surface area contributed by atoms with Crippen LogP contribution in [0.15, 0.2) is 23.3 Å². The summed E-state index contributed by atoms with van der Waals surface area (Å²) in [5.74, 6) is 0. The average molecular weight is 219 g/mol. The van der Waals surface area contributed by atoms with Crippen molar-refractivity contribution in [3.8, 4) is 0 Å². The van der Waals surface area contributed by atoms with E-state index in [0.29, 0.717) is 12.2 Å². The number of rotatable bonds is 3. The fraction of sp³-hybridized carbons (Fsp3) is 0.300. The van der Waals surface area contributed by atoms with Crippen LogP contribution in [0.25, 0.3) is 0 Å². The Balaban J connectivity index is 2.08. The third-order valence-electron chi connectivity index (χ3n) is 2.26. The Morgan fingerprint density at radius 1 is 1.56 bits per heavy atom. The lowest BCUT2D eigenvalue weighted by atomic mass is 10.2. The molecule has 0 atom stereocenters. The molecular formula is C10H13N5O. The number of aryl methyl sites for hydroxylation is 2. The second-order valence-corrected chi connectivity index (χ2v) is 3.60. The zero-order valence-corrected chi connectivity index (χ0v) is 9.19. The van der Waals surface area contributed by atoms with Crippen LogP contribution in [0.5, 0.6) is 0 Å². The molecule has 6 heteroatoms. The first kappa shape index (κ1) is 10.4. The van der Waals surface area contributed by atoms with E-state index in [0.717, 1.165) is 11.3 Å². The summed E-state index contributed by atoms with van der Waals surface area (Å²) in [7, 11) is 1.88. The smallest absolute Gasteiger partial charge is 0.266 e. The number of nitrogens with one attached hydrogen (secondary N) is 2. The predicted molar refractivity (Wildman–Crippen MR) is 60.1 cm³/mol. The minimum Gasteiger partial charge on any atom is -0.379 e. The highest BCUT2D eigenvalue weighted by Crippen LogP contribution is 2.07. The Morgan fingerprint density at radius 2 is 2.38 bits per heavy atom. The molecule has 0 saturated heterocycles. The third kappa shape index (κ3) is 2.28. The molecule has 0 unspecified atom stereocenters. The van der Waals surface area contributed by atoms with Gasteiger partial charge in [0, 0.05) is 31.4 Å². The Bertz CT molecular complexity index is 542. The molecular weight excluding hydrogens is 206 g/mol. The van der Waals surface area contributed by atoms with Gasteiger partial charge in [-0.25, -0.2) is 5.10 Å². The topological polar surface area (TPSA) is 75.6 Å². The van der Waals surface area contributed by atoms with Crippen LogP contribution in [0, 0.1) is 6.92 Å². The van der Waals surface area contributed by atoms with Gasteiger partial charge in [-0.2, -0.15) is 10.2 Å². The molecule has 0 radical (unpaired) electrons. The maximum absolute atomic E-state index is 11.0. The maximum Gasteiger partial charge on any atom is 0.266 e. The van der Waals surface area contributed by atoms with Gasteiger partial charge >= 0.3 is 0 Å². The van der Waals surface area contributed by atoms with Gasteiger partial charge in [0.25, 0.3) is 5.56 Å². The Morgan fingerprint density at radius 3 is 3.00 bits per heavy atom. The van der Waals surface area contributed by atoms with Gasteiger partial charge in [-0.15, -0.1) is 0 Å². The van der Waals surface area contributed by atoms with Crippen molar-refractivity contribution in [1.82, 2.24) is 20.0 Å². The number of hydrogen-bond donors (Lipinski definition) is 2. The molecule has 2 rings (SSSR count). The lowest BCUT2D eigenvalue weighted by Gasteiger charge is -2.03. The van der Waals surface area contributed by atoms with E-state index in [9.17, 15) is 4.79 Å². The average Bonchev–Trinajstić information content (AvgIpc) is 2.54. The molecule has 0 aliphatic heterocycles. The third-order valence-corrected chi connectivity index (χ3v) is 2.26. The molecule has 0 bridgehead atoms. The van der Waals surface area contributed by atoms with Crippen LogP contribution in [-0.2, 0) is 13.6 Å². The first-order valence-corrected chi connectivity index (χ1v) is 4.93. The minimum atomic E-state index is -0.215. The van der Waals surface area contributed by atoms with Crippen molar-refractivity contribution >= 4 is 5.69 Å². The number of aromatic nitrogens is 4. The molecule has 0 aliphatic carbocycles. The van der Waals surface area contributed by atoms with Crippen LogP contribution in [0.4, 0.5) is 5.69 Å². The van der Waals surface area contributed by atoms with Crippen molar-refractivity contribution in [1.29, 1.82) is 0 Å². The molecule has 0 spiro atoms. The van der Waals surface area contributed by atoms with E-state index in [-0.39, 0.29) is 5.56 Å². The summed E-state index contributed by atoms with van der Waals surface area (Å²) in [6.07, 6.45) is 3.52. The van der Waals surface area contributed by atoms with Gasteiger partial charge in [-0.3, -0.25) is 9.48 Å². The van der Waals surface area contributed by atoms with Crippen LogP contribution in [0.3, 0.4) is 0 Å². The van der Waals surface area contributed by atoms with Crippen molar-refractivity contribution in [3.63, 3.8) is 0 Å². The fourth-order valence-electron chi connectivity index (χ4n) is 1.49. The molecule has 0 aromatic carbocycles. The highest BCUT2D eigenvalue weighted by molar-refractivity contribution is 5.39. The van der Waals surface area contributed by atoms with Gasteiger partial charge < -0.3 is 5.32 Å². The fourth-order valence-corrected chi connectivity index (χ4v) is 1.49. The van der Waals surface area contributed by atoms with Gasteiger partial charge in [-0.1, -0.05) is 0 Å². The van der Waals surface area contributed by atoms with Crippen molar-refractivity contribution < 1.29 is 0 Å². The zero-order chi connectivity index (χ0) is 11.5. The first-order chi connectivity index (χ1) is 7.65. The monoisotopic (exact) mass is 219 g/mol. The molecule has 2 N–H and O–H groups in total. The molecule has 0 saturated carbocycles. The van der Waals surface area contributed by atoms with Gasteiger partial charge in [0.1, 0.15) is 0 Å². The first-order valence-electron chi connectivity index (χ1n) is 4.93. The van der Waals surface area contributed by atoms with E-state index in [1.807, 2.05) is 20.2 Å². The van der Waals surface area contributed by atoms with E-state index in [1.54, 1.807) is 10.9 Å². The van der Waals surface area contributed by atoms with Gasteiger partial charge in [0.15, 0.2) is 0 Å². The molecule has 0 fully saturated rings. The summed E-state index contributed by atoms with van der Waals surface area (Å²) in [4.78, 5) is 11.0. The maximum atomic E-state index is 11.0. The molecule has 16 heavy (non-hydrogen) atoms. The van der Waals surface area contributed by atoms with Gasteiger partial charge in [-0.05, 0) is 6.92 Å². The van der Waals surface area contributed by atoms with Crippen LogP contribution in [0.1, 0.15) is 11.3 Å². The zero-order valence-electron chi connectivity index (χ0n) is 9.19. The summed E-state index contributed by atoms with van der Waals surface area (Å²) in [5, 5.41) is 13.4. The largest absolute Gasteiger partial charge is 0.379 e. The second-order valence-electron chi connectivity index (χ2n) is 3.60. The molecule has 0 amide bonds. The number of anilines is 1. The van der Waals surface area contributed by atoms with Crippen molar-refractivity contribution in [2.45, 2.75) is 13.5 Å². The van der Waals surface area contributed by atoms with Crippen LogP contribution in [0.2, 0.25) is 0 Å². The summed E-state index contributed by atoms with van der Waals surface area (Å²) >= 11 is 0. The van der Waals surface area contributed by atoms with E-state index in [2.05, 4.69) is 20.6 Å². The van der Waals surface area contributed by atoms with E-state index >= 15 is 0 Å². The lowest BCUT2D eigenvalue weighted by Crippen LogP contribution is -2.09. The number of aromatic amines is 1. The minimum absolute atomic E-state index is 0.215. The van der Waals surface area contributed by atoms with Crippen molar-refractivity contribution in [3.05, 3.63) is 40.1 Å². The normalized spacial score (nSPS) is 10.4. The predicted octanol–water partition coefficient (Wildman–Crippen LogP) is 0.424. The highest BCUT2D eigenvalue weighted by atomic mass is 16.1. The molecule has 2 heterocycles. The van der Waals surface area contributed by atoms with Gasteiger partial charge in [0.2, 0.25) is 0 Å². The second kappa shape index (κ2) is 4.18. The van der Waals surface area contributed by atoms with Crippen molar-refractivity contribution in [2.24, 2.45) is 7.05 Å². The standard InChI is InChI=1S/C10H13N5O/c1-7-8(6-15(2)14-7)4-11-9-3-10(16)13-12-5-9/h3,5-6H,4H2,1-2H3,(H2,11,13,16). The molecule has 2 aromatic heterocycles. The highest BCUT2D eigenvalue weighted by Gasteiger charge is 2.02. The molecule has 84 valence electrons. The summed E-state index contributed by atoms with van der Waals surface area (Å²) in [5.41, 5.74) is 2.57. The summed E-state index contributed by atoms with van der Waals surface area (Å²) < 4.78 is 1.77.